The number of hydrogen-bond acceptors (Lipinski definition) is 2. The maximum Gasteiger partial charge on any atom is 0.220 e. The first-order valence-electron chi connectivity index (χ1n) is 4.20. The Morgan fingerprint density at radius 3 is 3.08 bits per heavy atom. The normalized spacial score (nSPS) is 22.4. The lowest BCUT2D eigenvalue weighted by molar-refractivity contribution is -0.122. The molecule has 1 aliphatic rings. The molecule has 0 fully saturated rings. The summed E-state index contributed by atoms with van der Waals surface area (Å²) in [5.74, 6) is 0.193. The van der Waals surface area contributed by atoms with Gasteiger partial charge in [0.2, 0.25) is 5.91 Å². The third-order valence-corrected chi connectivity index (χ3v) is 1.83. The van der Waals surface area contributed by atoms with Gasteiger partial charge in [-0.25, -0.2) is 0 Å². The number of nitrogens with one attached hydrogen (secondary N) is 1. The fourth-order valence-corrected chi connectivity index (χ4v) is 1.17. The molecule has 0 saturated carbocycles. The van der Waals surface area contributed by atoms with Crippen LogP contribution in [-0.2, 0) is 9.59 Å². The van der Waals surface area contributed by atoms with Crippen LogP contribution in [-0.4, -0.2) is 17.7 Å². The number of carbonyl (C=O) groups is 2. The van der Waals surface area contributed by atoms with Crippen molar-refractivity contribution < 1.29 is 9.59 Å². The van der Waals surface area contributed by atoms with Crippen molar-refractivity contribution >= 4 is 11.7 Å². The largest absolute Gasteiger partial charge is 0.349 e. The minimum absolute atomic E-state index is 0.000602. The number of allylic oxidation sites excluding steroid dienone is 1. The van der Waals surface area contributed by atoms with Crippen LogP contribution in [0.1, 0.15) is 26.2 Å². The van der Waals surface area contributed by atoms with Crippen molar-refractivity contribution in [2.24, 2.45) is 0 Å². The van der Waals surface area contributed by atoms with Gasteiger partial charge in [0.15, 0.2) is 0 Å². The van der Waals surface area contributed by atoms with Crippen LogP contribution in [0.25, 0.3) is 0 Å². The van der Waals surface area contributed by atoms with Gasteiger partial charge in [-0.1, -0.05) is 19.1 Å². The number of Topliss-reactive ketones (excluding diaryl/α,β-unsaturated/α-hetero) is 1. The van der Waals surface area contributed by atoms with Crippen molar-refractivity contribution in [1.29, 1.82) is 0 Å². The Morgan fingerprint density at radius 1 is 1.75 bits per heavy atom. The molecule has 1 rings (SSSR count). The Bertz CT molecular complexity index is 221. The lowest BCUT2D eigenvalue weighted by atomic mass is 10.0. The summed E-state index contributed by atoms with van der Waals surface area (Å²) in [4.78, 5) is 21.9. The second kappa shape index (κ2) is 4.04. The van der Waals surface area contributed by atoms with E-state index < -0.39 is 0 Å². The minimum atomic E-state index is -0.0706. The number of carbonyl (C=O) groups excluding carboxylic acids is 2. The maximum atomic E-state index is 10.9. The lowest BCUT2D eigenvalue weighted by Gasteiger charge is -2.16. The molecule has 0 aromatic carbocycles. The van der Waals surface area contributed by atoms with Crippen molar-refractivity contribution in [3.8, 4) is 0 Å². The third kappa shape index (κ3) is 2.49. The second-order valence-electron chi connectivity index (χ2n) is 2.90. The number of rotatable bonds is 2. The number of hydrogen-bond donors (Lipinski definition) is 1. The topological polar surface area (TPSA) is 46.2 Å². The minimum Gasteiger partial charge on any atom is -0.349 e. The summed E-state index contributed by atoms with van der Waals surface area (Å²) in [6.07, 6.45) is 5.13. The molecule has 0 saturated heterocycles. The van der Waals surface area contributed by atoms with E-state index in [1.165, 1.54) is 0 Å². The monoisotopic (exact) mass is 167 g/mol. The molecule has 3 nitrogen and oxygen atoms in total. The van der Waals surface area contributed by atoms with Crippen LogP contribution < -0.4 is 5.32 Å². The summed E-state index contributed by atoms with van der Waals surface area (Å²) < 4.78 is 0. The zero-order valence-electron chi connectivity index (χ0n) is 7.17. The van der Waals surface area contributed by atoms with Gasteiger partial charge in [0.25, 0.3) is 0 Å². The molecule has 1 atom stereocenters. The molecule has 0 aromatic heterocycles. The molecular weight excluding hydrogens is 154 g/mol. The third-order valence-electron chi connectivity index (χ3n) is 1.83. The smallest absolute Gasteiger partial charge is 0.220 e. The van der Waals surface area contributed by atoms with E-state index in [0.717, 1.165) is 0 Å². The quantitative estimate of drug-likeness (QED) is 0.618. The van der Waals surface area contributed by atoms with Crippen molar-refractivity contribution in [2.45, 2.75) is 32.2 Å². The molecule has 1 aliphatic carbocycles. The van der Waals surface area contributed by atoms with Crippen LogP contribution in [0.4, 0.5) is 0 Å². The van der Waals surface area contributed by atoms with Crippen LogP contribution in [0.3, 0.4) is 0 Å². The molecule has 12 heavy (non-hydrogen) atoms. The van der Waals surface area contributed by atoms with Gasteiger partial charge in [0.05, 0.1) is 6.04 Å². The van der Waals surface area contributed by atoms with E-state index in [1.54, 1.807) is 6.92 Å². The van der Waals surface area contributed by atoms with Crippen LogP contribution in [0, 0.1) is 0 Å². The van der Waals surface area contributed by atoms with E-state index in [-0.39, 0.29) is 17.7 Å². The molecule has 1 unspecified atom stereocenters. The molecule has 1 N–H and O–H groups in total. The first-order valence-corrected chi connectivity index (χ1v) is 4.20. The molecule has 1 amide bonds. The van der Waals surface area contributed by atoms with Crippen molar-refractivity contribution in [3.05, 3.63) is 12.2 Å². The molecule has 0 aromatic rings. The van der Waals surface area contributed by atoms with Gasteiger partial charge in [-0.2, -0.15) is 0 Å². The van der Waals surface area contributed by atoms with Gasteiger partial charge in [0, 0.05) is 19.3 Å². The average molecular weight is 167 g/mol. The zero-order chi connectivity index (χ0) is 8.97. The van der Waals surface area contributed by atoms with Crippen molar-refractivity contribution in [2.75, 3.05) is 0 Å². The Morgan fingerprint density at radius 2 is 2.50 bits per heavy atom. The van der Waals surface area contributed by atoms with E-state index in [9.17, 15) is 9.59 Å². The van der Waals surface area contributed by atoms with Crippen LogP contribution >= 0.6 is 0 Å². The van der Waals surface area contributed by atoms with E-state index in [4.69, 9.17) is 0 Å². The maximum absolute atomic E-state index is 10.9. The molecule has 0 spiro atoms. The van der Waals surface area contributed by atoms with Gasteiger partial charge in [-0.15, -0.1) is 0 Å². The number of amides is 1. The molecule has 0 bridgehead atoms. The second-order valence-corrected chi connectivity index (χ2v) is 2.90. The fourth-order valence-electron chi connectivity index (χ4n) is 1.17. The highest BCUT2D eigenvalue weighted by molar-refractivity contribution is 5.83. The summed E-state index contributed by atoms with van der Waals surface area (Å²) in [6.45, 7) is 1.80. The van der Waals surface area contributed by atoms with Crippen LogP contribution in [0.2, 0.25) is 0 Å². The van der Waals surface area contributed by atoms with E-state index in [2.05, 4.69) is 5.32 Å². The highest BCUT2D eigenvalue weighted by atomic mass is 16.1. The van der Waals surface area contributed by atoms with Gasteiger partial charge >= 0.3 is 0 Å². The molecule has 3 heteroatoms. The predicted molar refractivity (Wildman–Crippen MR) is 45.6 cm³/mol. The first-order chi connectivity index (χ1) is 5.72. The van der Waals surface area contributed by atoms with Gasteiger partial charge in [0.1, 0.15) is 5.78 Å². The standard InChI is InChI=1S/C9H13NO2/c1-2-9(12)10-7-4-3-5-8(11)6-7/h3-4,7H,2,5-6H2,1H3,(H,10,12). The van der Waals surface area contributed by atoms with Crippen molar-refractivity contribution in [1.82, 2.24) is 5.32 Å². The average Bonchev–Trinajstić information content (AvgIpc) is 2.04. The summed E-state index contributed by atoms with van der Waals surface area (Å²) in [7, 11) is 0. The van der Waals surface area contributed by atoms with Gasteiger partial charge < -0.3 is 5.32 Å². The van der Waals surface area contributed by atoms with E-state index >= 15 is 0 Å². The highest BCUT2D eigenvalue weighted by Crippen LogP contribution is 2.06. The molecule has 0 aliphatic heterocycles. The SMILES string of the molecule is CCC(=O)NC1C=CCC(=O)C1. The summed E-state index contributed by atoms with van der Waals surface area (Å²) in [5, 5.41) is 2.75. The fraction of sp³-hybridized carbons (Fsp3) is 0.556. The summed E-state index contributed by atoms with van der Waals surface area (Å²) >= 11 is 0. The van der Waals surface area contributed by atoms with E-state index in [0.29, 0.717) is 19.3 Å². The molecular formula is C9H13NO2. The molecule has 0 radical (unpaired) electrons. The highest BCUT2D eigenvalue weighted by Gasteiger charge is 2.15. The summed E-state index contributed by atoms with van der Waals surface area (Å²) in [6, 6.07) is -0.0706. The number of ketones is 1. The Labute approximate surface area is 71.8 Å². The van der Waals surface area contributed by atoms with Crippen LogP contribution in [0.5, 0.6) is 0 Å². The molecule has 0 heterocycles. The van der Waals surface area contributed by atoms with Crippen LogP contribution in [0.15, 0.2) is 12.2 Å². The van der Waals surface area contributed by atoms with Gasteiger partial charge in [-0.05, 0) is 0 Å². The van der Waals surface area contributed by atoms with E-state index in [1.807, 2.05) is 12.2 Å². The predicted octanol–water partition coefficient (Wildman–Crippen LogP) is 0.800. The lowest BCUT2D eigenvalue weighted by Crippen LogP contribution is -2.35. The van der Waals surface area contributed by atoms with Crippen molar-refractivity contribution in [3.63, 3.8) is 0 Å². The zero-order valence-corrected chi connectivity index (χ0v) is 7.17. The summed E-state index contributed by atoms with van der Waals surface area (Å²) in [5.41, 5.74) is 0. The first kappa shape index (κ1) is 8.97. The Kier molecular flexibility index (Phi) is 3.02. The Hall–Kier alpha value is -1.12. The molecule has 66 valence electrons. The van der Waals surface area contributed by atoms with Gasteiger partial charge in [-0.3, -0.25) is 9.59 Å². The Balaban J connectivity index is 2.42.